The Morgan fingerprint density at radius 2 is 0.757 bits per heavy atom. The molecule has 7 nitrogen and oxygen atoms in total. The van der Waals surface area contributed by atoms with Gasteiger partial charge in [-0.1, -0.05) is 210 Å². The van der Waals surface area contributed by atoms with Crippen LogP contribution in [-0.2, 0) is 66.7 Å². The molecule has 2 fully saturated rings. The third-order valence-corrected chi connectivity index (χ3v) is 14.4. The maximum absolute atomic E-state index is 16.3. The third kappa shape index (κ3) is 11.9. The van der Waals surface area contributed by atoms with Crippen molar-refractivity contribution in [3.8, 4) is 0 Å². The number of halogens is 5. The zero-order valence-corrected chi connectivity index (χ0v) is 41.6. The van der Waals surface area contributed by atoms with Gasteiger partial charge in [-0.15, -0.1) is 0 Å². The average molecular weight is 1030 g/mol. The second kappa shape index (κ2) is 24.1. The molecule has 2 heterocycles. The summed E-state index contributed by atoms with van der Waals surface area (Å²) < 4.78 is 99.6. The normalized spacial score (nSPS) is 27.0. The Hall–Kier alpha value is -4.76. The van der Waals surface area contributed by atoms with Gasteiger partial charge in [-0.25, -0.2) is 0 Å². The summed E-state index contributed by atoms with van der Waals surface area (Å²) in [5.74, 6) is -10.5. The van der Waals surface area contributed by atoms with E-state index in [4.69, 9.17) is 28.4 Å². The number of alkyl halides is 5. The van der Waals surface area contributed by atoms with E-state index in [2.05, 4.69) is 15.9 Å². The lowest BCUT2D eigenvalue weighted by Crippen LogP contribution is -2.68. The van der Waals surface area contributed by atoms with Gasteiger partial charge >= 0.3 is 11.8 Å². The van der Waals surface area contributed by atoms with E-state index in [9.17, 15) is 5.11 Å². The van der Waals surface area contributed by atoms with E-state index in [1.54, 1.807) is 24.3 Å². The van der Waals surface area contributed by atoms with Gasteiger partial charge in [-0.05, 0) is 51.0 Å². The van der Waals surface area contributed by atoms with E-state index >= 15 is 17.6 Å². The van der Waals surface area contributed by atoms with Gasteiger partial charge in [-0.2, -0.15) is 17.6 Å². The first kappa shape index (κ1) is 53.0. The fourth-order valence-corrected chi connectivity index (χ4v) is 10.1. The molecule has 8 rings (SSSR count). The van der Waals surface area contributed by atoms with Crippen molar-refractivity contribution in [2.75, 3.05) is 0 Å². The summed E-state index contributed by atoms with van der Waals surface area (Å²) in [6.45, 7) is 8.33. The second-order valence-corrected chi connectivity index (χ2v) is 19.2. The molecule has 0 saturated carbocycles. The maximum Gasteiger partial charge on any atom is 0.328 e. The minimum absolute atomic E-state index is 0.0246. The van der Waals surface area contributed by atoms with Crippen molar-refractivity contribution in [1.29, 1.82) is 0 Å². The maximum atomic E-state index is 16.3. The van der Waals surface area contributed by atoms with Crippen molar-refractivity contribution in [1.82, 2.24) is 0 Å². The Morgan fingerprint density at radius 1 is 0.457 bits per heavy atom. The first-order valence-electron chi connectivity index (χ1n) is 24.0. The van der Waals surface area contributed by atoms with Gasteiger partial charge in [0.2, 0.25) is 4.51 Å². The molecule has 0 aliphatic carbocycles. The van der Waals surface area contributed by atoms with Crippen LogP contribution in [0.15, 0.2) is 182 Å². The Labute approximate surface area is 418 Å². The summed E-state index contributed by atoms with van der Waals surface area (Å²) in [5.41, 5.74) is 3.07. The van der Waals surface area contributed by atoms with Crippen LogP contribution < -0.4 is 0 Å². The molecule has 0 aromatic heterocycles. The number of benzene rings is 6. The van der Waals surface area contributed by atoms with Gasteiger partial charge in [0.25, 0.3) is 5.79 Å². The summed E-state index contributed by atoms with van der Waals surface area (Å²) in [7, 11) is 0. The summed E-state index contributed by atoms with van der Waals surface area (Å²) in [4.78, 5) is 0. The summed E-state index contributed by atoms with van der Waals surface area (Å²) in [6, 6.07) is 53.0. The van der Waals surface area contributed by atoms with E-state index in [0.29, 0.717) is 12.8 Å². The lowest BCUT2D eigenvalue weighted by Gasteiger charge is -2.52. The zero-order valence-electron chi connectivity index (χ0n) is 40.0. The fraction of sp³-hybridized carbons (Fsp3) is 0.379. The van der Waals surface area contributed by atoms with Crippen LogP contribution in [0, 0.1) is 11.8 Å². The molecule has 0 bridgehead atoms. The van der Waals surface area contributed by atoms with Crippen LogP contribution in [0.2, 0.25) is 0 Å². The van der Waals surface area contributed by atoms with E-state index in [0.717, 1.165) is 22.3 Å². The van der Waals surface area contributed by atoms with Crippen molar-refractivity contribution >= 4 is 15.9 Å². The SMILES string of the molecule is CC[C@H]1OC(Br)(C(F)(F)c2ccccc2)[C@H](OCc2ccccc2)[C@@H](OCc2ccccc2)[C@@H]1C.CC[C@H]1O[C@@](O)(C(F)(F)c2ccccc2)[C@H](OCc2ccccc2)[C@@H](OCc2ccccc2)[C@@H]1C. The monoisotopic (exact) mass is 1030 g/mol. The molecule has 6 aromatic carbocycles. The van der Waals surface area contributed by atoms with Crippen molar-refractivity contribution in [3.05, 3.63) is 215 Å². The minimum Gasteiger partial charge on any atom is -0.370 e. The van der Waals surface area contributed by atoms with Crippen LogP contribution in [-0.4, -0.2) is 52.0 Å². The van der Waals surface area contributed by atoms with Crippen LogP contribution in [0.3, 0.4) is 0 Å². The van der Waals surface area contributed by atoms with Gasteiger partial charge in [0.1, 0.15) is 12.2 Å². The molecule has 1 N–H and O–H groups in total. The van der Waals surface area contributed by atoms with Gasteiger partial charge in [-0.3, -0.25) is 0 Å². The molecule has 372 valence electrons. The molecular formula is C58H63BrF4O7. The van der Waals surface area contributed by atoms with Gasteiger partial charge in [0.15, 0.2) is 0 Å². The molecule has 2 aliphatic rings. The Kier molecular flexibility index (Phi) is 18.3. The number of ether oxygens (including phenoxy) is 6. The first-order chi connectivity index (χ1) is 33.7. The highest BCUT2D eigenvalue weighted by Crippen LogP contribution is 2.55. The van der Waals surface area contributed by atoms with Gasteiger partial charge < -0.3 is 33.5 Å². The summed E-state index contributed by atoms with van der Waals surface area (Å²) in [5, 5.41) is 11.7. The fourth-order valence-electron chi connectivity index (χ4n) is 9.26. The highest BCUT2D eigenvalue weighted by Gasteiger charge is 2.68. The standard InChI is InChI=1S/C29H31BrF2O3.C29H32F2O4/c1-3-25-21(2)26(33-19-22-13-7-4-8-14-22)27(34-20-23-15-9-5-10-16-23)28(30,35-25)29(31,32)24-17-11-6-12-18-24;1-3-25-21(2)26(33-19-22-13-7-4-8-14-22)27(34-20-23-15-9-5-10-16-23)29(32,35-25)28(30,31)24-17-11-6-12-18-24/h4-18,21,25-27H,3,19-20H2,1-2H3;4-18,21,25-27,32H,3,19-20H2,1-2H3/t21-,25-,26+,27-,28?;21-,25-,26+,27-,29-/m11/s1. The smallest absolute Gasteiger partial charge is 0.328 e. The lowest BCUT2D eigenvalue weighted by molar-refractivity contribution is -0.419. The molecule has 10 atom stereocenters. The third-order valence-electron chi connectivity index (χ3n) is 13.3. The van der Waals surface area contributed by atoms with Crippen LogP contribution in [0.4, 0.5) is 17.6 Å². The Bertz CT molecular complexity index is 2270. The lowest BCUT2D eigenvalue weighted by atomic mass is 9.81. The van der Waals surface area contributed by atoms with Crippen LogP contribution in [0.5, 0.6) is 0 Å². The number of rotatable bonds is 18. The zero-order chi connectivity index (χ0) is 49.8. The van der Waals surface area contributed by atoms with E-state index in [-0.39, 0.29) is 49.4 Å². The van der Waals surface area contributed by atoms with Crippen LogP contribution in [0.1, 0.15) is 73.9 Å². The molecule has 70 heavy (non-hydrogen) atoms. The molecule has 0 spiro atoms. The molecule has 2 saturated heterocycles. The van der Waals surface area contributed by atoms with Crippen molar-refractivity contribution in [2.45, 2.75) is 126 Å². The van der Waals surface area contributed by atoms with Crippen molar-refractivity contribution < 1.29 is 51.1 Å². The van der Waals surface area contributed by atoms with Crippen LogP contribution in [0.25, 0.3) is 0 Å². The minimum atomic E-state index is -3.75. The topological polar surface area (TPSA) is 75.6 Å². The molecule has 0 amide bonds. The van der Waals surface area contributed by atoms with E-state index < -0.39 is 58.8 Å². The van der Waals surface area contributed by atoms with Crippen molar-refractivity contribution in [3.63, 3.8) is 0 Å². The molecule has 6 aromatic rings. The van der Waals surface area contributed by atoms with Crippen LogP contribution >= 0.6 is 15.9 Å². The van der Waals surface area contributed by atoms with Gasteiger partial charge in [0, 0.05) is 23.0 Å². The quantitative estimate of drug-likeness (QED) is 0.0679. The average Bonchev–Trinajstić information content (AvgIpc) is 3.40. The molecule has 12 heteroatoms. The number of hydrogen-bond donors (Lipinski definition) is 1. The van der Waals surface area contributed by atoms with E-state index in [1.165, 1.54) is 36.4 Å². The van der Waals surface area contributed by atoms with Crippen molar-refractivity contribution in [2.24, 2.45) is 11.8 Å². The summed E-state index contributed by atoms with van der Waals surface area (Å²) >= 11 is 3.39. The largest absolute Gasteiger partial charge is 0.370 e. The Balaban J connectivity index is 0.000000206. The van der Waals surface area contributed by atoms with E-state index in [1.807, 2.05) is 149 Å². The summed E-state index contributed by atoms with van der Waals surface area (Å²) in [6.07, 6.45) is -4.09. The number of aliphatic hydroxyl groups is 1. The highest BCUT2D eigenvalue weighted by molar-refractivity contribution is 9.10. The second-order valence-electron chi connectivity index (χ2n) is 18.0. The molecular weight excluding hydrogens is 965 g/mol. The molecule has 2 aliphatic heterocycles. The first-order valence-corrected chi connectivity index (χ1v) is 24.8. The number of hydrogen-bond acceptors (Lipinski definition) is 7. The van der Waals surface area contributed by atoms with Gasteiger partial charge in [0.05, 0.1) is 50.8 Å². The predicted molar refractivity (Wildman–Crippen MR) is 266 cm³/mol. The molecule has 0 radical (unpaired) electrons. The molecule has 1 unspecified atom stereocenters. The highest BCUT2D eigenvalue weighted by atomic mass is 79.9. The Morgan fingerprint density at radius 3 is 1.13 bits per heavy atom. The predicted octanol–water partition coefficient (Wildman–Crippen LogP) is 13.6.